The number of nitrogens with one attached hydrogen (secondary N) is 3. The largest absolute Gasteiger partial charge is 0.349 e. The van der Waals surface area contributed by atoms with E-state index < -0.39 is 5.41 Å². The number of carbonyl (C=O) groups is 2. The standard InChI is InChI=1S/C16H21N3O2S/c1-5-10-17-13(20)11-8-6-7-9-12(11)18-15(22)19-14(21)16(2,3)4/h5-9H,1,10H2,2-4H3,(H,17,20)(H2,18,19,21,22). The Morgan fingerprint density at radius 1 is 1.27 bits per heavy atom. The summed E-state index contributed by atoms with van der Waals surface area (Å²) in [5, 5.41) is 8.35. The Balaban J connectivity index is 2.81. The predicted molar refractivity (Wildman–Crippen MR) is 92.8 cm³/mol. The van der Waals surface area contributed by atoms with Crippen molar-refractivity contribution in [1.82, 2.24) is 10.6 Å². The Morgan fingerprint density at radius 2 is 1.91 bits per heavy atom. The summed E-state index contributed by atoms with van der Waals surface area (Å²) in [6, 6.07) is 6.93. The van der Waals surface area contributed by atoms with Crippen LogP contribution in [0.3, 0.4) is 0 Å². The zero-order valence-electron chi connectivity index (χ0n) is 13.0. The molecule has 0 saturated heterocycles. The number of hydrogen-bond donors (Lipinski definition) is 3. The van der Waals surface area contributed by atoms with Crippen LogP contribution in [0.4, 0.5) is 5.69 Å². The monoisotopic (exact) mass is 319 g/mol. The van der Waals surface area contributed by atoms with E-state index in [9.17, 15) is 9.59 Å². The molecule has 1 aromatic carbocycles. The number of rotatable bonds is 4. The van der Waals surface area contributed by atoms with Crippen molar-refractivity contribution in [1.29, 1.82) is 0 Å². The third-order valence-corrected chi connectivity index (χ3v) is 2.94. The lowest BCUT2D eigenvalue weighted by molar-refractivity contribution is -0.126. The summed E-state index contributed by atoms with van der Waals surface area (Å²) in [6.07, 6.45) is 1.60. The summed E-state index contributed by atoms with van der Waals surface area (Å²) >= 11 is 5.12. The van der Waals surface area contributed by atoms with Gasteiger partial charge in [-0.3, -0.25) is 9.59 Å². The number of anilines is 1. The van der Waals surface area contributed by atoms with Gasteiger partial charge in [-0.25, -0.2) is 0 Å². The lowest BCUT2D eigenvalue weighted by Gasteiger charge is -2.19. The van der Waals surface area contributed by atoms with Crippen molar-refractivity contribution in [2.45, 2.75) is 20.8 Å². The van der Waals surface area contributed by atoms with Crippen molar-refractivity contribution in [2.24, 2.45) is 5.41 Å². The minimum absolute atomic E-state index is 0.156. The van der Waals surface area contributed by atoms with Gasteiger partial charge in [0, 0.05) is 12.0 Å². The first-order chi connectivity index (χ1) is 10.3. The molecule has 2 amide bonds. The number of amides is 2. The maximum Gasteiger partial charge on any atom is 0.253 e. The summed E-state index contributed by atoms with van der Waals surface area (Å²) in [7, 11) is 0. The van der Waals surface area contributed by atoms with E-state index in [1.807, 2.05) is 0 Å². The van der Waals surface area contributed by atoms with E-state index >= 15 is 0 Å². The first-order valence-electron chi connectivity index (χ1n) is 6.86. The second-order valence-corrected chi connectivity index (χ2v) is 6.11. The second-order valence-electron chi connectivity index (χ2n) is 5.70. The maximum atomic E-state index is 12.1. The van der Waals surface area contributed by atoms with E-state index in [1.165, 1.54) is 0 Å². The molecule has 0 spiro atoms. The van der Waals surface area contributed by atoms with E-state index in [0.717, 1.165) is 0 Å². The van der Waals surface area contributed by atoms with Gasteiger partial charge in [-0.1, -0.05) is 39.0 Å². The molecule has 0 bridgehead atoms. The molecule has 0 heterocycles. The third-order valence-electron chi connectivity index (χ3n) is 2.74. The van der Waals surface area contributed by atoms with E-state index in [0.29, 0.717) is 17.8 Å². The van der Waals surface area contributed by atoms with E-state index in [-0.39, 0.29) is 16.9 Å². The fraction of sp³-hybridized carbons (Fsp3) is 0.312. The second kappa shape index (κ2) is 7.70. The molecule has 118 valence electrons. The van der Waals surface area contributed by atoms with Crippen molar-refractivity contribution in [2.75, 3.05) is 11.9 Å². The molecule has 0 fully saturated rings. The van der Waals surface area contributed by atoms with Crippen LogP contribution in [-0.4, -0.2) is 23.5 Å². The highest BCUT2D eigenvalue weighted by Gasteiger charge is 2.22. The van der Waals surface area contributed by atoms with E-state index in [4.69, 9.17) is 12.2 Å². The highest BCUT2D eigenvalue weighted by molar-refractivity contribution is 7.80. The van der Waals surface area contributed by atoms with Gasteiger partial charge in [0.1, 0.15) is 0 Å². The summed E-state index contributed by atoms with van der Waals surface area (Å²) in [4.78, 5) is 24.0. The first kappa shape index (κ1) is 17.8. The Bertz CT molecular complexity index is 591. The zero-order chi connectivity index (χ0) is 16.8. The van der Waals surface area contributed by atoms with Gasteiger partial charge in [0.15, 0.2) is 5.11 Å². The van der Waals surface area contributed by atoms with Crippen molar-refractivity contribution in [3.63, 3.8) is 0 Å². The fourth-order valence-corrected chi connectivity index (χ4v) is 1.70. The topological polar surface area (TPSA) is 70.2 Å². The first-order valence-corrected chi connectivity index (χ1v) is 7.27. The third kappa shape index (κ3) is 5.29. The van der Waals surface area contributed by atoms with Crippen LogP contribution in [0.15, 0.2) is 36.9 Å². The van der Waals surface area contributed by atoms with Gasteiger partial charge in [-0.05, 0) is 24.4 Å². The van der Waals surface area contributed by atoms with Gasteiger partial charge in [0.05, 0.1) is 11.3 Å². The predicted octanol–water partition coefficient (Wildman–Crippen LogP) is 2.46. The molecule has 0 unspecified atom stereocenters. The van der Waals surface area contributed by atoms with Gasteiger partial charge in [0.2, 0.25) is 5.91 Å². The summed E-state index contributed by atoms with van der Waals surface area (Å²) < 4.78 is 0. The van der Waals surface area contributed by atoms with Crippen LogP contribution in [0.2, 0.25) is 0 Å². The molecule has 1 rings (SSSR count). The van der Waals surface area contributed by atoms with Gasteiger partial charge in [-0.15, -0.1) is 6.58 Å². The lowest BCUT2D eigenvalue weighted by Crippen LogP contribution is -2.41. The number of hydrogen-bond acceptors (Lipinski definition) is 3. The van der Waals surface area contributed by atoms with Gasteiger partial charge >= 0.3 is 0 Å². The fourth-order valence-electron chi connectivity index (χ4n) is 1.49. The molecule has 22 heavy (non-hydrogen) atoms. The summed E-state index contributed by atoms with van der Waals surface area (Å²) in [5.74, 6) is -0.438. The Labute approximate surface area is 136 Å². The Hall–Kier alpha value is -2.21. The minimum Gasteiger partial charge on any atom is -0.349 e. The molecule has 0 saturated carbocycles. The van der Waals surface area contributed by atoms with Gasteiger partial charge in [-0.2, -0.15) is 0 Å². The average Bonchev–Trinajstić information content (AvgIpc) is 2.44. The lowest BCUT2D eigenvalue weighted by atomic mass is 9.96. The highest BCUT2D eigenvalue weighted by atomic mass is 32.1. The Morgan fingerprint density at radius 3 is 2.50 bits per heavy atom. The van der Waals surface area contributed by atoms with Crippen molar-refractivity contribution in [3.8, 4) is 0 Å². The van der Waals surface area contributed by atoms with Gasteiger partial charge in [0.25, 0.3) is 5.91 Å². The molecule has 0 aromatic heterocycles. The quantitative estimate of drug-likeness (QED) is 0.589. The van der Waals surface area contributed by atoms with Crippen molar-refractivity contribution in [3.05, 3.63) is 42.5 Å². The number of carbonyl (C=O) groups excluding carboxylic acids is 2. The summed E-state index contributed by atoms with van der Waals surface area (Å²) in [5.41, 5.74) is 0.423. The molecule has 0 aliphatic heterocycles. The smallest absolute Gasteiger partial charge is 0.253 e. The molecular weight excluding hydrogens is 298 g/mol. The number of benzene rings is 1. The summed E-state index contributed by atoms with van der Waals surface area (Å²) in [6.45, 7) is 9.31. The van der Waals surface area contributed by atoms with E-state index in [2.05, 4.69) is 22.5 Å². The average molecular weight is 319 g/mol. The number of para-hydroxylation sites is 1. The Kier molecular flexibility index (Phi) is 6.24. The van der Waals surface area contributed by atoms with Gasteiger partial charge < -0.3 is 16.0 Å². The number of thiocarbonyl (C=S) groups is 1. The van der Waals surface area contributed by atoms with Crippen LogP contribution >= 0.6 is 12.2 Å². The van der Waals surface area contributed by atoms with Crippen LogP contribution < -0.4 is 16.0 Å². The van der Waals surface area contributed by atoms with E-state index in [1.54, 1.807) is 51.1 Å². The molecule has 0 aliphatic carbocycles. The highest BCUT2D eigenvalue weighted by Crippen LogP contribution is 2.16. The van der Waals surface area contributed by atoms with Crippen LogP contribution in [0.25, 0.3) is 0 Å². The molecule has 5 nitrogen and oxygen atoms in total. The maximum absolute atomic E-state index is 12.1. The van der Waals surface area contributed by atoms with Crippen molar-refractivity contribution < 1.29 is 9.59 Å². The molecule has 0 aliphatic rings. The SMILES string of the molecule is C=CCNC(=O)c1ccccc1NC(=S)NC(=O)C(C)(C)C. The zero-order valence-corrected chi connectivity index (χ0v) is 13.8. The molecule has 0 atom stereocenters. The molecule has 0 radical (unpaired) electrons. The van der Waals surface area contributed by atoms with Crippen LogP contribution in [0, 0.1) is 5.41 Å². The van der Waals surface area contributed by atoms with Crippen LogP contribution in [0.5, 0.6) is 0 Å². The molecule has 6 heteroatoms. The molecule has 1 aromatic rings. The molecule has 3 N–H and O–H groups in total. The van der Waals surface area contributed by atoms with Crippen molar-refractivity contribution >= 4 is 34.8 Å². The minimum atomic E-state index is -0.549. The normalized spacial score (nSPS) is 10.5. The van der Waals surface area contributed by atoms with Crippen LogP contribution in [-0.2, 0) is 4.79 Å². The molecular formula is C16H21N3O2S. The van der Waals surface area contributed by atoms with Crippen LogP contribution in [0.1, 0.15) is 31.1 Å².